The summed E-state index contributed by atoms with van der Waals surface area (Å²) in [7, 11) is 0. The number of aromatic nitrogens is 3. The van der Waals surface area contributed by atoms with E-state index in [2.05, 4.69) is 25.1 Å². The van der Waals surface area contributed by atoms with Crippen LogP contribution in [0.1, 0.15) is 44.6 Å². The van der Waals surface area contributed by atoms with Gasteiger partial charge in [-0.3, -0.25) is 4.90 Å². The maximum Gasteiger partial charge on any atom is 0.418 e. The number of anilines is 2. The Kier molecular flexibility index (Phi) is 6.83. The minimum Gasteiger partial charge on any atom is -0.486 e. The highest BCUT2D eigenvalue weighted by molar-refractivity contribution is 6.36. The van der Waals surface area contributed by atoms with Crippen LogP contribution in [0.5, 0.6) is 11.8 Å². The van der Waals surface area contributed by atoms with Crippen LogP contribution in [0, 0.1) is 5.82 Å². The van der Waals surface area contributed by atoms with Crippen molar-refractivity contribution < 1.29 is 31.4 Å². The molecule has 4 fully saturated rings. The van der Waals surface area contributed by atoms with Gasteiger partial charge in [0.05, 0.1) is 45.1 Å². The Bertz CT molecular complexity index is 1790. The Labute approximate surface area is 265 Å². The van der Waals surface area contributed by atoms with Crippen molar-refractivity contribution in [3.8, 4) is 23.0 Å². The first-order valence-corrected chi connectivity index (χ1v) is 15.8. The van der Waals surface area contributed by atoms with Gasteiger partial charge in [-0.2, -0.15) is 23.1 Å². The SMILES string of the molecule is CC1Oc2c(Cl)c(-c3nc(N)ccc3C(F)(F)F)c(F)c3nc(OC[C@@]45CCCN4C/C(=C\F)C5)nc(c23)N2C[C@H]3CC[C@H](N3)C12. The number of benzene rings is 1. The summed E-state index contributed by atoms with van der Waals surface area (Å²) in [4.78, 5) is 17.4. The second-order valence-corrected chi connectivity index (χ2v) is 13.4. The van der Waals surface area contributed by atoms with Gasteiger partial charge in [-0.1, -0.05) is 11.6 Å². The van der Waals surface area contributed by atoms with Crippen LogP contribution in [-0.2, 0) is 6.18 Å². The minimum absolute atomic E-state index is 0.0289. The van der Waals surface area contributed by atoms with E-state index < -0.39 is 40.5 Å². The molecule has 9 nitrogen and oxygen atoms in total. The minimum atomic E-state index is -4.89. The van der Waals surface area contributed by atoms with Crippen molar-refractivity contribution in [3.05, 3.63) is 40.4 Å². The van der Waals surface area contributed by atoms with Gasteiger partial charge in [-0.25, -0.2) is 13.8 Å². The summed E-state index contributed by atoms with van der Waals surface area (Å²) in [6, 6.07) is 1.54. The van der Waals surface area contributed by atoms with Crippen molar-refractivity contribution in [1.82, 2.24) is 25.2 Å². The standard InChI is InChI=1S/C31H31ClF5N7O2/c1-14-26-18-5-3-16(39-18)12-44(26)28-21-25(41-29(42-28)45-13-30-7-2-8-43(30)11-15(9-30)10-33)23(34)20(22(32)27(21)46-14)24-17(31(35,36)37)4-6-19(38)40-24/h4,6,10,14,16,18,26,39H,2-3,5,7-9,11-13H2,1H3,(H2,38,40)/b15-10-/t14?,16-,18+,26?,30+/m1/s1. The fourth-order valence-corrected chi connectivity index (χ4v) is 8.59. The second-order valence-electron chi connectivity index (χ2n) is 13.0. The normalized spacial score (nSPS) is 29.6. The number of nitrogens with zero attached hydrogens (tertiary/aromatic N) is 5. The number of nitrogen functional groups attached to an aromatic ring is 1. The van der Waals surface area contributed by atoms with Gasteiger partial charge in [0.1, 0.15) is 29.9 Å². The number of hydrogen-bond donors (Lipinski definition) is 2. The zero-order chi connectivity index (χ0) is 32.1. The van der Waals surface area contributed by atoms with Crippen molar-refractivity contribution in [3.63, 3.8) is 0 Å². The van der Waals surface area contributed by atoms with Gasteiger partial charge in [-0.05, 0) is 63.3 Å². The highest BCUT2D eigenvalue weighted by Gasteiger charge is 2.49. The molecule has 5 aliphatic heterocycles. The van der Waals surface area contributed by atoms with Gasteiger partial charge in [-0.15, -0.1) is 0 Å². The number of nitrogens with one attached hydrogen (secondary N) is 1. The Balaban J connectivity index is 1.33. The van der Waals surface area contributed by atoms with E-state index in [4.69, 9.17) is 31.8 Å². The second kappa shape index (κ2) is 10.5. The molecule has 5 atom stereocenters. The predicted octanol–water partition coefficient (Wildman–Crippen LogP) is 5.65. The number of nitrogens with two attached hydrogens (primary N) is 1. The molecule has 46 heavy (non-hydrogen) atoms. The van der Waals surface area contributed by atoms with Gasteiger partial charge in [0, 0.05) is 25.2 Å². The maximum absolute atomic E-state index is 16.9. The molecular weight excluding hydrogens is 633 g/mol. The Morgan fingerprint density at radius 3 is 2.85 bits per heavy atom. The van der Waals surface area contributed by atoms with Crippen molar-refractivity contribution >= 4 is 34.1 Å². The molecule has 8 rings (SSSR count). The smallest absolute Gasteiger partial charge is 0.418 e. The lowest BCUT2D eigenvalue weighted by molar-refractivity contribution is -0.137. The van der Waals surface area contributed by atoms with Crippen LogP contribution >= 0.6 is 11.6 Å². The molecule has 3 N–H and O–H groups in total. The van der Waals surface area contributed by atoms with Crippen molar-refractivity contribution in [2.45, 2.75) is 75.0 Å². The Morgan fingerprint density at radius 1 is 1.24 bits per heavy atom. The monoisotopic (exact) mass is 663 g/mol. The number of piperazine rings is 1. The largest absolute Gasteiger partial charge is 0.486 e. The van der Waals surface area contributed by atoms with E-state index in [9.17, 15) is 17.6 Å². The quantitative estimate of drug-likeness (QED) is 0.343. The maximum atomic E-state index is 16.9. The van der Waals surface area contributed by atoms with Crippen molar-refractivity contribution in [2.24, 2.45) is 0 Å². The first-order chi connectivity index (χ1) is 22.0. The third-order valence-electron chi connectivity index (χ3n) is 10.2. The molecule has 4 saturated heterocycles. The topological polar surface area (TPSA) is 102 Å². The number of hydrogen-bond acceptors (Lipinski definition) is 9. The molecule has 0 radical (unpaired) electrons. The van der Waals surface area contributed by atoms with Gasteiger partial charge >= 0.3 is 12.2 Å². The number of ether oxygens (including phenoxy) is 2. The van der Waals surface area contributed by atoms with Gasteiger partial charge in [0.2, 0.25) is 0 Å². The Hall–Kier alpha value is -3.49. The summed E-state index contributed by atoms with van der Waals surface area (Å²) < 4.78 is 85.7. The molecule has 1 aromatic carbocycles. The van der Waals surface area contributed by atoms with Crippen molar-refractivity contribution in [2.75, 3.05) is 36.9 Å². The average Bonchev–Trinajstić information content (AvgIpc) is 3.66. The molecule has 2 unspecified atom stereocenters. The summed E-state index contributed by atoms with van der Waals surface area (Å²) >= 11 is 6.82. The number of alkyl halides is 3. The van der Waals surface area contributed by atoms with Crippen LogP contribution in [0.2, 0.25) is 5.02 Å². The third kappa shape index (κ3) is 4.50. The van der Waals surface area contributed by atoms with E-state index in [0.717, 1.165) is 44.4 Å². The fraction of sp³-hybridized carbons (Fsp3) is 0.516. The van der Waals surface area contributed by atoms with E-state index in [0.29, 0.717) is 37.2 Å². The number of halogens is 6. The highest BCUT2D eigenvalue weighted by Crippen LogP contribution is 2.52. The van der Waals surface area contributed by atoms with Gasteiger partial charge in [0.25, 0.3) is 0 Å². The highest BCUT2D eigenvalue weighted by atomic mass is 35.5. The molecule has 0 aliphatic carbocycles. The lowest BCUT2D eigenvalue weighted by atomic mass is 9.94. The summed E-state index contributed by atoms with van der Waals surface area (Å²) in [5.74, 6) is -1.07. The van der Waals surface area contributed by atoms with E-state index in [-0.39, 0.29) is 58.2 Å². The van der Waals surface area contributed by atoms with Gasteiger partial charge < -0.3 is 25.4 Å². The van der Waals surface area contributed by atoms with Crippen LogP contribution in [-0.4, -0.2) is 75.9 Å². The predicted molar refractivity (Wildman–Crippen MR) is 161 cm³/mol. The molecule has 7 heterocycles. The van der Waals surface area contributed by atoms with E-state index in [1.54, 1.807) is 0 Å². The lowest BCUT2D eigenvalue weighted by Crippen LogP contribution is -2.62. The molecule has 0 spiro atoms. The molecule has 2 aromatic heterocycles. The van der Waals surface area contributed by atoms with E-state index in [1.165, 1.54) is 0 Å². The Morgan fingerprint density at radius 2 is 2.07 bits per heavy atom. The fourth-order valence-electron chi connectivity index (χ4n) is 8.27. The zero-order valence-electron chi connectivity index (χ0n) is 24.8. The van der Waals surface area contributed by atoms with Crippen LogP contribution < -0.4 is 25.4 Å². The molecule has 5 aliphatic rings. The number of pyridine rings is 1. The van der Waals surface area contributed by atoms with E-state index in [1.807, 2.05) is 6.92 Å². The molecule has 0 saturated carbocycles. The van der Waals surface area contributed by atoms with Crippen LogP contribution in [0.15, 0.2) is 24.0 Å². The third-order valence-corrected chi connectivity index (χ3v) is 10.6. The van der Waals surface area contributed by atoms with E-state index >= 15 is 4.39 Å². The first kappa shape index (κ1) is 29.9. The number of fused-ring (bicyclic) bond motifs is 6. The first-order valence-electron chi connectivity index (χ1n) is 15.4. The van der Waals surface area contributed by atoms with Crippen LogP contribution in [0.25, 0.3) is 22.2 Å². The summed E-state index contributed by atoms with van der Waals surface area (Å²) in [5.41, 5.74) is 3.11. The van der Waals surface area contributed by atoms with Crippen LogP contribution in [0.4, 0.5) is 33.6 Å². The van der Waals surface area contributed by atoms with Crippen LogP contribution in [0.3, 0.4) is 0 Å². The molecule has 15 heteroatoms. The average molecular weight is 664 g/mol. The molecular formula is C31H31ClF5N7O2. The van der Waals surface area contributed by atoms with Gasteiger partial charge in [0.15, 0.2) is 11.6 Å². The molecule has 3 aromatic rings. The lowest BCUT2D eigenvalue weighted by Gasteiger charge is -2.43. The summed E-state index contributed by atoms with van der Waals surface area (Å²) in [6.07, 6.45) is -0.764. The molecule has 0 amide bonds. The summed E-state index contributed by atoms with van der Waals surface area (Å²) in [5, 5.41) is 3.39. The molecule has 2 bridgehead atoms. The zero-order valence-corrected chi connectivity index (χ0v) is 25.6. The molecule has 244 valence electrons. The summed E-state index contributed by atoms with van der Waals surface area (Å²) in [6.45, 7) is 3.81. The van der Waals surface area contributed by atoms with Crippen molar-refractivity contribution in [1.29, 1.82) is 0 Å². The number of rotatable bonds is 4.